The van der Waals surface area contributed by atoms with E-state index in [-0.39, 0.29) is 12.1 Å². The number of urea groups is 1. The largest absolute Gasteiger partial charge is 0.375 e. The van der Waals surface area contributed by atoms with Gasteiger partial charge in [0.15, 0.2) is 0 Å². The smallest absolute Gasteiger partial charge is 0.317 e. The number of nitrogens with zero attached hydrogens (tertiary/aromatic N) is 1. The summed E-state index contributed by atoms with van der Waals surface area (Å²) < 4.78 is 5.38. The molecule has 1 N–H and O–H groups in total. The van der Waals surface area contributed by atoms with Crippen LogP contribution in [0, 0.1) is 5.92 Å². The van der Waals surface area contributed by atoms with E-state index < -0.39 is 0 Å². The first-order valence-corrected chi connectivity index (χ1v) is 5.74. The van der Waals surface area contributed by atoms with Gasteiger partial charge in [-0.15, -0.1) is 0 Å². The highest BCUT2D eigenvalue weighted by Crippen LogP contribution is 2.04. The second-order valence-corrected chi connectivity index (χ2v) is 4.54. The number of amides is 2. The quantitative estimate of drug-likeness (QED) is 0.773. The molecule has 0 aliphatic carbocycles. The minimum absolute atomic E-state index is 0.0470. The van der Waals surface area contributed by atoms with Crippen LogP contribution in [0.4, 0.5) is 4.79 Å². The Morgan fingerprint density at radius 3 is 2.93 bits per heavy atom. The van der Waals surface area contributed by atoms with E-state index in [9.17, 15) is 4.79 Å². The molecule has 1 aliphatic rings. The van der Waals surface area contributed by atoms with Crippen LogP contribution in [0.2, 0.25) is 0 Å². The molecule has 1 fully saturated rings. The first-order chi connectivity index (χ1) is 7.09. The highest BCUT2D eigenvalue weighted by molar-refractivity contribution is 5.74. The van der Waals surface area contributed by atoms with Crippen LogP contribution in [-0.4, -0.2) is 43.3 Å². The first kappa shape index (κ1) is 12.3. The van der Waals surface area contributed by atoms with Crippen molar-refractivity contribution in [3.05, 3.63) is 0 Å². The summed E-state index contributed by atoms with van der Waals surface area (Å²) in [5.41, 5.74) is 0. The Kier molecular flexibility index (Phi) is 4.88. The third kappa shape index (κ3) is 4.51. The van der Waals surface area contributed by atoms with E-state index in [0.717, 1.165) is 13.0 Å². The Labute approximate surface area is 92.0 Å². The van der Waals surface area contributed by atoms with Gasteiger partial charge in [0, 0.05) is 19.6 Å². The van der Waals surface area contributed by atoms with Gasteiger partial charge in [0.2, 0.25) is 0 Å². The summed E-state index contributed by atoms with van der Waals surface area (Å²) in [6.45, 7) is 9.13. The summed E-state index contributed by atoms with van der Waals surface area (Å²) >= 11 is 0. The molecular weight excluding hydrogens is 192 g/mol. The first-order valence-electron chi connectivity index (χ1n) is 5.74. The summed E-state index contributed by atoms with van der Waals surface area (Å²) in [5, 5.41) is 2.94. The molecule has 0 aromatic carbocycles. The van der Waals surface area contributed by atoms with Gasteiger partial charge < -0.3 is 15.0 Å². The Balaban J connectivity index is 2.21. The molecular formula is C11H22N2O2. The third-order valence-corrected chi connectivity index (χ3v) is 2.53. The van der Waals surface area contributed by atoms with Crippen LogP contribution >= 0.6 is 0 Å². The summed E-state index contributed by atoms with van der Waals surface area (Å²) in [6.07, 6.45) is 1.20. The van der Waals surface area contributed by atoms with Gasteiger partial charge in [-0.3, -0.25) is 0 Å². The lowest BCUT2D eigenvalue weighted by Crippen LogP contribution is -2.49. The van der Waals surface area contributed by atoms with Gasteiger partial charge in [0.25, 0.3) is 0 Å². The van der Waals surface area contributed by atoms with Gasteiger partial charge in [-0.25, -0.2) is 4.79 Å². The zero-order chi connectivity index (χ0) is 11.3. The number of carbonyl (C=O) groups is 1. The van der Waals surface area contributed by atoms with Crippen molar-refractivity contribution in [1.82, 2.24) is 10.2 Å². The molecule has 1 heterocycles. The van der Waals surface area contributed by atoms with Gasteiger partial charge in [-0.05, 0) is 19.3 Å². The van der Waals surface area contributed by atoms with Crippen LogP contribution in [0.25, 0.3) is 0 Å². The standard InChI is InChI=1S/C11H22N2O2/c1-9(2)4-5-12-11(14)13-6-7-15-10(3)8-13/h9-10H,4-8H2,1-3H3,(H,12,14)/t10-/m1/s1. The van der Waals surface area contributed by atoms with Crippen LogP contribution in [-0.2, 0) is 4.74 Å². The lowest BCUT2D eigenvalue weighted by molar-refractivity contribution is -0.00347. The Hall–Kier alpha value is -0.770. The Morgan fingerprint density at radius 2 is 2.33 bits per heavy atom. The fourth-order valence-corrected chi connectivity index (χ4v) is 1.58. The highest BCUT2D eigenvalue weighted by Gasteiger charge is 2.20. The lowest BCUT2D eigenvalue weighted by Gasteiger charge is -2.31. The topological polar surface area (TPSA) is 41.6 Å². The van der Waals surface area contributed by atoms with Crippen molar-refractivity contribution in [2.24, 2.45) is 5.92 Å². The third-order valence-electron chi connectivity index (χ3n) is 2.53. The van der Waals surface area contributed by atoms with Crippen molar-refractivity contribution in [3.8, 4) is 0 Å². The van der Waals surface area contributed by atoms with Crippen molar-refractivity contribution in [1.29, 1.82) is 0 Å². The van der Waals surface area contributed by atoms with Crippen LogP contribution in [0.15, 0.2) is 0 Å². The molecule has 2 amide bonds. The second kappa shape index (κ2) is 5.95. The second-order valence-electron chi connectivity index (χ2n) is 4.54. The van der Waals surface area contributed by atoms with Crippen molar-refractivity contribution in [2.45, 2.75) is 33.3 Å². The fraction of sp³-hybridized carbons (Fsp3) is 0.909. The van der Waals surface area contributed by atoms with Gasteiger partial charge in [0.1, 0.15) is 0 Å². The minimum Gasteiger partial charge on any atom is -0.375 e. The number of carbonyl (C=O) groups excluding carboxylic acids is 1. The molecule has 0 aromatic rings. The van der Waals surface area contributed by atoms with Gasteiger partial charge >= 0.3 is 6.03 Å². The van der Waals surface area contributed by atoms with E-state index in [4.69, 9.17) is 4.74 Å². The Morgan fingerprint density at radius 1 is 1.60 bits per heavy atom. The Bertz CT molecular complexity index is 207. The van der Waals surface area contributed by atoms with E-state index in [1.54, 1.807) is 0 Å². The van der Waals surface area contributed by atoms with Gasteiger partial charge in [-0.1, -0.05) is 13.8 Å². The minimum atomic E-state index is 0.0470. The van der Waals surface area contributed by atoms with E-state index in [1.165, 1.54) is 0 Å². The van der Waals surface area contributed by atoms with Crippen molar-refractivity contribution >= 4 is 6.03 Å². The summed E-state index contributed by atoms with van der Waals surface area (Å²) in [4.78, 5) is 13.5. The molecule has 0 saturated carbocycles. The van der Waals surface area contributed by atoms with E-state index in [1.807, 2.05) is 11.8 Å². The van der Waals surface area contributed by atoms with Crippen molar-refractivity contribution < 1.29 is 9.53 Å². The van der Waals surface area contributed by atoms with Crippen molar-refractivity contribution in [3.63, 3.8) is 0 Å². The molecule has 1 saturated heterocycles. The van der Waals surface area contributed by atoms with Gasteiger partial charge in [-0.2, -0.15) is 0 Å². The maximum absolute atomic E-state index is 11.7. The summed E-state index contributed by atoms with van der Waals surface area (Å²) in [6, 6.07) is 0.0470. The predicted molar refractivity (Wildman–Crippen MR) is 59.8 cm³/mol. The predicted octanol–water partition coefficient (Wildman–Crippen LogP) is 1.46. The summed E-state index contributed by atoms with van der Waals surface area (Å²) in [5.74, 6) is 0.633. The molecule has 0 unspecified atom stereocenters. The van der Waals surface area contributed by atoms with Gasteiger partial charge in [0.05, 0.1) is 12.7 Å². The number of ether oxygens (including phenoxy) is 1. The molecule has 88 valence electrons. The average Bonchev–Trinajstić information content (AvgIpc) is 2.17. The number of morpholine rings is 1. The fourth-order valence-electron chi connectivity index (χ4n) is 1.58. The van der Waals surface area contributed by atoms with Crippen LogP contribution in [0.1, 0.15) is 27.2 Å². The zero-order valence-corrected chi connectivity index (χ0v) is 9.95. The molecule has 1 atom stereocenters. The highest BCUT2D eigenvalue weighted by atomic mass is 16.5. The maximum Gasteiger partial charge on any atom is 0.317 e. The molecule has 0 radical (unpaired) electrons. The SMILES string of the molecule is CC(C)CCNC(=O)N1CCO[C@H](C)C1. The average molecular weight is 214 g/mol. The lowest BCUT2D eigenvalue weighted by atomic mass is 10.1. The molecule has 0 spiro atoms. The molecule has 0 bridgehead atoms. The number of nitrogens with one attached hydrogen (secondary N) is 1. The van der Waals surface area contributed by atoms with E-state index in [2.05, 4.69) is 19.2 Å². The number of hydrogen-bond donors (Lipinski definition) is 1. The number of rotatable bonds is 3. The number of hydrogen-bond acceptors (Lipinski definition) is 2. The van der Waals surface area contributed by atoms with E-state index >= 15 is 0 Å². The summed E-state index contributed by atoms with van der Waals surface area (Å²) in [7, 11) is 0. The molecule has 4 nitrogen and oxygen atoms in total. The van der Waals surface area contributed by atoms with Crippen LogP contribution in [0.5, 0.6) is 0 Å². The van der Waals surface area contributed by atoms with Crippen LogP contribution in [0.3, 0.4) is 0 Å². The maximum atomic E-state index is 11.7. The van der Waals surface area contributed by atoms with Crippen molar-refractivity contribution in [2.75, 3.05) is 26.2 Å². The molecule has 15 heavy (non-hydrogen) atoms. The van der Waals surface area contributed by atoms with Crippen LogP contribution < -0.4 is 5.32 Å². The molecule has 4 heteroatoms. The molecule has 1 aliphatic heterocycles. The zero-order valence-electron chi connectivity index (χ0n) is 9.95. The normalized spacial score (nSPS) is 21.9. The monoisotopic (exact) mass is 214 g/mol. The molecule has 1 rings (SSSR count). The van der Waals surface area contributed by atoms with E-state index in [0.29, 0.717) is 25.6 Å². The molecule has 0 aromatic heterocycles.